The van der Waals surface area contributed by atoms with Gasteiger partial charge in [-0.25, -0.2) is 0 Å². The van der Waals surface area contributed by atoms with Crippen LogP contribution >= 0.6 is 0 Å². The largest absolute Gasteiger partial charge is 1.00 e. The summed E-state index contributed by atoms with van der Waals surface area (Å²) in [7, 11) is 0. The first-order valence-corrected chi connectivity index (χ1v) is 15.9. The van der Waals surface area contributed by atoms with Crippen molar-refractivity contribution in [3.8, 4) is 0 Å². The molecule has 0 aliphatic heterocycles. The first-order valence-electron chi connectivity index (χ1n) is 13.4. The maximum absolute atomic E-state index is 2.70. The molecule has 4 aliphatic carbocycles. The Morgan fingerprint density at radius 1 is 0.606 bits per heavy atom. The van der Waals surface area contributed by atoms with E-state index in [1.54, 1.807) is 11.1 Å². The molecular formula is C30H46Cl2Zr. The van der Waals surface area contributed by atoms with Gasteiger partial charge in [0.25, 0.3) is 0 Å². The maximum Gasteiger partial charge on any atom is -1.00 e. The van der Waals surface area contributed by atoms with Crippen LogP contribution in [0.4, 0.5) is 0 Å². The van der Waals surface area contributed by atoms with E-state index >= 15 is 0 Å². The van der Waals surface area contributed by atoms with Gasteiger partial charge in [0.1, 0.15) is 0 Å². The predicted molar refractivity (Wildman–Crippen MR) is 132 cm³/mol. The van der Waals surface area contributed by atoms with Crippen LogP contribution in [-0.2, 0) is 23.2 Å². The van der Waals surface area contributed by atoms with E-state index in [0.29, 0.717) is 10.8 Å². The Hall–Kier alpha value is 0.423. The third-order valence-electron chi connectivity index (χ3n) is 9.64. The van der Waals surface area contributed by atoms with Gasteiger partial charge >= 0.3 is 205 Å². The molecule has 0 aromatic rings. The summed E-state index contributed by atoms with van der Waals surface area (Å²) in [6.07, 6.45) is 22.3. The number of rotatable bonds is 6. The molecule has 0 heterocycles. The summed E-state index contributed by atoms with van der Waals surface area (Å²) in [5, 5.41) is 0. The van der Waals surface area contributed by atoms with Gasteiger partial charge in [0, 0.05) is 0 Å². The number of allylic oxidation sites excluding steroid dienone is 8. The fourth-order valence-electron chi connectivity index (χ4n) is 7.44. The molecule has 0 atom stereocenters. The van der Waals surface area contributed by atoms with Crippen LogP contribution in [0.2, 0.25) is 0 Å². The minimum absolute atomic E-state index is 0. The molecule has 0 radical (unpaired) electrons. The standard InChI is InChI=1S/2C15H23.2ClH.Zr/c2*1-12(2)15(9-5-4-6-10-15)14-8-7-13(3)11-14;;;/h2*8,12H,4-7,9-10H2,1-3H3;2*1H;/q;;;;+2/p-2. The zero-order chi connectivity index (χ0) is 22.2. The van der Waals surface area contributed by atoms with E-state index < -0.39 is 23.2 Å². The van der Waals surface area contributed by atoms with Gasteiger partial charge in [0.05, 0.1) is 0 Å². The van der Waals surface area contributed by atoms with Crippen LogP contribution in [0.25, 0.3) is 0 Å². The molecule has 0 aromatic carbocycles. The fourth-order valence-corrected chi connectivity index (χ4v) is 12.0. The summed E-state index contributed by atoms with van der Waals surface area (Å²) in [6, 6.07) is 0. The van der Waals surface area contributed by atoms with E-state index in [9.17, 15) is 0 Å². The molecule has 0 aromatic heterocycles. The molecule has 2 saturated carbocycles. The molecule has 4 rings (SSSR count). The normalized spacial score (nSPS) is 24.4. The van der Waals surface area contributed by atoms with Gasteiger partial charge in [-0.1, -0.05) is 0 Å². The van der Waals surface area contributed by atoms with Crippen molar-refractivity contribution in [2.45, 2.75) is 119 Å². The molecule has 184 valence electrons. The van der Waals surface area contributed by atoms with Gasteiger partial charge in [0.15, 0.2) is 0 Å². The van der Waals surface area contributed by atoms with Gasteiger partial charge in [-0.2, -0.15) is 0 Å². The van der Waals surface area contributed by atoms with Crippen LogP contribution in [0.3, 0.4) is 0 Å². The van der Waals surface area contributed by atoms with Crippen LogP contribution in [0.15, 0.2) is 41.0 Å². The van der Waals surface area contributed by atoms with E-state index in [1.165, 1.54) is 77.0 Å². The SMILES string of the molecule is CC1=[C]([Zr+2][C]2=C(C)CC=C2C2(C(C)C)CCCCC2)C(C2(C(C)C)CCCCC2)=CC1.[Cl-].[Cl-]. The Bertz CT molecular complexity index is 744. The molecule has 0 bridgehead atoms. The number of halogens is 2. The topological polar surface area (TPSA) is 0 Å². The van der Waals surface area contributed by atoms with Crippen molar-refractivity contribution in [3.63, 3.8) is 0 Å². The van der Waals surface area contributed by atoms with Crippen LogP contribution in [0.5, 0.6) is 0 Å². The van der Waals surface area contributed by atoms with E-state index in [0.717, 1.165) is 11.8 Å². The first-order chi connectivity index (χ1) is 14.8. The average Bonchev–Trinajstić information content (AvgIpc) is 3.32. The molecule has 0 spiro atoms. The van der Waals surface area contributed by atoms with Crippen LogP contribution in [0, 0.1) is 22.7 Å². The molecule has 2 fully saturated rings. The molecule has 33 heavy (non-hydrogen) atoms. The zero-order valence-electron chi connectivity index (χ0n) is 22.1. The zero-order valence-corrected chi connectivity index (χ0v) is 26.0. The average molecular weight is 569 g/mol. The molecule has 0 nitrogen and oxygen atoms in total. The third-order valence-corrected chi connectivity index (χ3v) is 14.3. The smallest absolute Gasteiger partial charge is 1.00 e. The number of hydrogen-bond acceptors (Lipinski definition) is 0. The van der Waals surface area contributed by atoms with Crippen molar-refractivity contribution in [1.82, 2.24) is 0 Å². The summed E-state index contributed by atoms with van der Waals surface area (Å²) in [4.78, 5) is 0. The van der Waals surface area contributed by atoms with Crippen molar-refractivity contribution in [2.75, 3.05) is 0 Å². The van der Waals surface area contributed by atoms with Crippen molar-refractivity contribution in [2.24, 2.45) is 22.7 Å². The van der Waals surface area contributed by atoms with Crippen molar-refractivity contribution < 1.29 is 48.0 Å². The summed E-state index contributed by atoms with van der Waals surface area (Å²) < 4.78 is 3.83. The van der Waals surface area contributed by atoms with Crippen LogP contribution < -0.4 is 24.8 Å². The minimum atomic E-state index is -0.798. The second kappa shape index (κ2) is 12.1. The molecule has 0 unspecified atom stereocenters. The second-order valence-corrected chi connectivity index (χ2v) is 14.9. The number of hydrogen-bond donors (Lipinski definition) is 0. The van der Waals surface area contributed by atoms with Gasteiger partial charge in [-0.15, -0.1) is 0 Å². The van der Waals surface area contributed by atoms with Gasteiger partial charge in [-0.3, -0.25) is 0 Å². The predicted octanol–water partition coefficient (Wildman–Crippen LogP) is 3.50. The summed E-state index contributed by atoms with van der Waals surface area (Å²) in [6.45, 7) is 15.0. The Morgan fingerprint density at radius 2 is 0.939 bits per heavy atom. The van der Waals surface area contributed by atoms with E-state index in [-0.39, 0.29) is 24.8 Å². The Balaban J connectivity index is 0.00000193. The minimum Gasteiger partial charge on any atom is -1.00 e. The molecule has 0 N–H and O–H groups in total. The monoisotopic (exact) mass is 566 g/mol. The summed E-state index contributed by atoms with van der Waals surface area (Å²) in [5.41, 5.74) is 8.12. The summed E-state index contributed by atoms with van der Waals surface area (Å²) in [5.74, 6) is 1.54. The second-order valence-electron chi connectivity index (χ2n) is 11.8. The summed E-state index contributed by atoms with van der Waals surface area (Å²) >= 11 is -0.798. The maximum atomic E-state index is 2.70. The van der Waals surface area contributed by atoms with Gasteiger partial charge < -0.3 is 24.8 Å². The molecule has 0 amide bonds. The van der Waals surface area contributed by atoms with Gasteiger partial charge in [0.2, 0.25) is 0 Å². The van der Waals surface area contributed by atoms with E-state index in [4.69, 9.17) is 0 Å². The van der Waals surface area contributed by atoms with Crippen molar-refractivity contribution >= 4 is 0 Å². The van der Waals surface area contributed by atoms with E-state index in [2.05, 4.69) is 53.7 Å². The van der Waals surface area contributed by atoms with Crippen LogP contribution in [0.1, 0.15) is 119 Å². The molecule has 0 saturated heterocycles. The Labute approximate surface area is 229 Å². The van der Waals surface area contributed by atoms with Crippen LogP contribution in [-0.4, -0.2) is 0 Å². The van der Waals surface area contributed by atoms with E-state index in [1.807, 2.05) is 17.7 Å². The Kier molecular flexibility index (Phi) is 10.9. The van der Waals surface area contributed by atoms with Crippen molar-refractivity contribution in [3.05, 3.63) is 41.0 Å². The third kappa shape index (κ3) is 5.42. The van der Waals surface area contributed by atoms with Gasteiger partial charge in [-0.05, 0) is 0 Å². The van der Waals surface area contributed by atoms with Crippen molar-refractivity contribution in [1.29, 1.82) is 0 Å². The molecule has 3 heteroatoms. The molecular weight excluding hydrogens is 522 g/mol. The Morgan fingerprint density at radius 3 is 1.24 bits per heavy atom. The fraction of sp³-hybridized carbons (Fsp3) is 0.733. The quantitative estimate of drug-likeness (QED) is 0.460. The first kappa shape index (κ1) is 29.7. The molecule has 4 aliphatic rings.